The predicted octanol–water partition coefficient (Wildman–Crippen LogP) is 3.56. The summed E-state index contributed by atoms with van der Waals surface area (Å²) in [6.07, 6.45) is 7.04. The summed E-state index contributed by atoms with van der Waals surface area (Å²) < 4.78 is 4.38. The van der Waals surface area contributed by atoms with Gasteiger partial charge in [-0.3, -0.25) is 9.36 Å². The Hall–Kier alpha value is -3.19. The van der Waals surface area contributed by atoms with Gasteiger partial charge in [0.1, 0.15) is 5.69 Å². The summed E-state index contributed by atoms with van der Waals surface area (Å²) in [5, 5.41) is 1.14. The highest BCUT2D eigenvalue weighted by atomic mass is 16.2. The Morgan fingerprint density at radius 1 is 1.00 bits per heavy atom. The number of hydrogen-bond acceptors (Lipinski definition) is 4. The van der Waals surface area contributed by atoms with Gasteiger partial charge in [0.2, 0.25) is 5.95 Å². The number of amides is 1. The Kier molecular flexibility index (Phi) is 4.72. The van der Waals surface area contributed by atoms with Crippen molar-refractivity contribution in [3.63, 3.8) is 0 Å². The highest BCUT2D eigenvalue weighted by molar-refractivity contribution is 6.11. The lowest BCUT2D eigenvalue weighted by Crippen LogP contribution is -2.35. The van der Waals surface area contributed by atoms with Gasteiger partial charge >= 0.3 is 0 Å². The van der Waals surface area contributed by atoms with E-state index in [1.54, 1.807) is 12.4 Å². The molecule has 4 aromatic rings. The van der Waals surface area contributed by atoms with Gasteiger partial charge in [0.25, 0.3) is 5.91 Å². The molecule has 0 unspecified atom stereocenters. The molecule has 2 fully saturated rings. The van der Waals surface area contributed by atoms with Crippen molar-refractivity contribution in [3.05, 3.63) is 54.5 Å². The summed E-state index contributed by atoms with van der Waals surface area (Å²) in [4.78, 5) is 27.2. The van der Waals surface area contributed by atoms with Crippen LogP contribution in [0.4, 0.5) is 0 Å². The van der Waals surface area contributed by atoms with Crippen LogP contribution in [0, 0.1) is 5.92 Å². The molecule has 3 aromatic heterocycles. The molecule has 6 rings (SSSR count). The van der Waals surface area contributed by atoms with Crippen LogP contribution < -0.4 is 0 Å². The van der Waals surface area contributed by atoms with Crippen molar-refractivity contribution in [2.24, 2.45) is 5.92 Å². The Labute approximate surface area is 187 Å². The number of nitrogens with zero attached hydrogens (tertiary/aromatic N) is 6. The van der Waals surface area contributed by atoms with Crippen LogP contribution in [0.2, 0.25) is 0 Å². The first-order valence-electron chi connectivity index (χ1n) is 11.6. The second-order valence-electron chi connectivity index (χ2n) is 9.17. The van der Waals surface area contributed by atoms with E-state index in [-0.39, 0.29) is 5.91 Å². The van der Waals surface area contributed by atoms with E-state index in [0.29, 0.717) is 11.6 Å². The molecule has 0 radical (unpaired) electrons. The molecule has 32 heavy (non-hydrogen) atoms. The van der Waals surface area contributed by atoms with Crippen molar-refractivity contribution in [1.82, 2.24) is 28.9 Å². The molecule has 1 aromatic carbocycles. The van der Waals surface area contributed by atoms with E-state index < -0.39 is 0 Å². The fraction of sp³-hybridized carbons (Fsp3) is 0.400. The molecule has 0 bridgehead atoms. The summed E-state index contributed by atoms with van der Waals surface area (Å²) >= 11 is 0. The van der Waals surface area contributed by atoms with Crippen molar-refractivity contribution in [2.75, 3.05) is 33.2 Å². The van der Waals surface area contributed by atoms with E-state index in [0.717, 1.165) is 61.5 Å². The second kappa shape index (κ2) is 7.74. The molecule has 2 aliphatic rings. The van der Waals surface area contributed by atoms with Crippen LogP contribution in [0.15, 0.2) is 48.8 Å². The fourth-order valence-electron chi connectivity index (χ4n) is 4.94. The summed E-state index contributed by atoms with van der Waals surface area (Å²) in [6, 6.07) is 12.4. The van der Waals surface area contributed by atoms with E-state index in [1.165, 1.54) is 18.4 Å². The number of carbonyl (C=O) groups excluding carboxylic acids is 1. The zero-order valence-electron chi connectivity index (χ0n) is 18.4. The van der Waals surface area contributed by atoms with Crippen molar-refractivity contribution in [1.29, 1.82) is 0 Å². The number of fused-ring (bicyclic) bond motifs is 3. The average molecular weight is 429 g/mol. The highest BCUT2D eigenvalue weighted by Gasteiger charge is 2.29. The average Bonchev–Trinajstić information content (AvgIpc) is 3.54. The van der Waals surface area contributed by atoms with Crippen LogP contribution in [-0.2, 0) is 6.54 Å². The molecule has 0 spiro atoms. The van der Waals surface area contributed by atoms with Gasteiger partial charge in [-0.05, 0) is 57.0 Å². The lowest BCUT2D eigenvalue weighted by atomic mass is 10.2. The Morgan fingerprint density at radius 2 is 1.81 bits per heavy atom. The number of para-hydroxylation sites is 1. The van der Waals surface area contributed by atoms with Gasteiger partial charge < -0.3 is 14.4 Å². The van der Waals surface area contributed by atoms with Crippen molar-refractivity contribution >= 4 is 27.8 Å². The van der Waals surface area contributed by atoms with Crippen LogP contribution in [0.25, 0.3) is 27.9 Å². The number of carbonyl (C=O) groups is 1. The monoisotopic (exact) mass is 428 g/mol. The van der Waals surface area contributed by atoms with E-state index in [2.05, 4.69) is 56.8 Å². The third-order valence-electron chi connectivity index (χ3n) is 6.84. The summed E-state index contributed by atoms with van der Waals surface area (Å²) in [7, 11) is 2.12. The van der Waals surface area contributed by atoms with Crippen molar-refractivity contribution in [2.45, 2.75) is 25.8 Å². The Morgan fingerprint density at radius 3 is 2.62 bits per heavy atom. The summed E-state index contributed by atoms with van der Waals surface area (Å²) in [5.41, 5.74) is 3.99. The maximum Gasteiger partial charge on any atom is 0.271 e. The summed E-state index contributed by atoms with van der Waals surface area (Å²) in [5.74, 6) is 1.34. The van der Waals surface area contributed by atoms with E-state index >= 15 is 0 Å². The highest BCUT2D eigenvalue weighted by Crippen LogP contribution is 2.38. The molecule has 1 saturated heterocycles. The number of hydrogen-bond donors (Lipinski definition) is 0. The van der Waals surface area contributed by atoms with Crippen molar-refractivity contribution in [3.8, 4) is 5.95 Å². The van der Waals surface area contributed by atoms with Gasteiger partial charge in [-0.25, -0.2) is 9.97 Å². The zero-order chi connectivity index (χ0) is 21.7. The molecule has 7 nitrogen and oxygen atoms in total. The first-order chi connectivity index (χ1) is 15.7. The first-order valence-corrected chi connectivity index (χ1v) is 11.6. The van der Waals surface area contributed by atoms with E-state index in [1.807, 2.05) is 15.5 Å². The molecule has 7 heteroatoms. The van der Waals surface area contributed by atoms with Gasteiger partial charge in [-0.2, -0.15) is 0 Å². The largest absolute Gasteiger partial charge is 0.339 e. The number of rotatable bonds is 4. The van der Waals surface area contributed by atoms with Crippen LogP contribution in [0.5, 0.6) is 0 Å². The molecule has 1 amide bonds. The van der Waals surface area contributed by atoms with Crippen LogP contribution in [0.3, 0.4) is 0 Å². The maximum atomic E-state index is 13.8. The topological polar surface area (TPSA) is 59.2 Å². The molecule has 1 saturated carbocycles. The van der Waals surface area contributed by atoms with Gasteiger partial charge in [0.05, 0.1) is 16.6 Å². The molecule has 0 N–H and O–H groups in total. The molecule has 1 aliphatic heterocycles. The SMILES string of the molecule is CN1CCCN(C(=O)c2cc3c(c4ccccc4n3CC3CC3)n2-c2ncccn2)CC1. The molecule has 164 valence electrons. The predicted molar refractivity (Wildman–Crippen MR) is 125 cm³/mol. The molecular weight excluding hydrogens is 400 g/mol. The number of aromatic nitrogens is 4. The number of likely N-dealkylation sites (N-methyl/N-ethyl adjacent to an activating group) is 1. The van der Waals surface area contributed by atoms with Crippen molar-refractivity contribution < 1.29 is 4.79 Å². The zero-order valence-corrected chi connectivity index (χ0v) is 18.4. The van der Waals surface area contributed by atoms with E-state index in [9.17, 15) is 4.79 Å². The first kappa shape index (κ1) is 19.5. The summed E-state index contributed by atoms with van der Waals surface area (Å²) in [6.45, 7) is 4.42. The minimum absolute atomic E-state index is 0.0611. The molecule has 1 aliphatic carbocycles. The number of benzene rings is 1. The van der Waals surface area contributed by atoms with Gasteiger partial charge in [-0.1, -0.05) is 18.2 Å². The Balaban J connectivity index is 1.57. The third-order valence-corrected chi connectivity index (χ3v) is 6.84. The van der Waals surface area contributed by atoms with Gasteiger partial charge in [-0.15, -0.1) is 0 Å². The van der Waals surface area contributed by atoms with Gasteiger partial charge in [0.15, 0.2) is 0 Å². The molecule has 0 atom stereocenters. The molecular formula is C25H28N6O. The Bertz CT molecular complexity index is 1290. The second-order valence-corrected chi connectivity index (χ2v) is 9.17. The standard InChI is InChI=1S/C25H28N6O/c1-28-12-5-13-29(15-14-28)24(32)22-16-21-23(31(22)25-26-10-4-11-27-25)19-6-2-3-7-20(19)30(21)17-18-8-9-18/h2-4,6-7,10-11,16,18H,5,8-9,12-15,17H2,1H3. The lowest BCUT2D eigenvalue weighted by molar-refractivity contribution is 0.0755. The third kappa shape index (κ3) is 3.28. The van der Waals surface area contributed by atoms with Crippen LogP contribution >= 0.6 is 0 Å². The lowest BCUT2D eigenvalue weighted by Gasteiger charge is -2.21. The van der Waals surface area contributed by atoms with Gasteiger partial charge in [0, 0.05) is 44.0 Å². The minimum atomic E-state index is 0.0611. The fourth-order valence-corrected chi connectivity index (χ4v) is 4.94. The van der Waals surface area contributed by atoms with Crippen LogP contribution in [-0.4, -0.2) is 68.0 Å². The van der Waals surface area contributed by atoms with Crippen LogP contribution in [0.1, 0.15) is 29.8 Å². The smallest absolute Gasteiger partial charge is 0.271 e. The maximum absolute atomic E-state index is 13.8. The molecule has 4 heterocycles. The quantitative estimate of drug-likeness (QED) is 0.499. The normalized spacial score (nSPS) is 17.8. The minimum Gasteiger partial charge on any atom is -0.339 e. The van der Waals surface area contributed by atoms with E-state index in [4.69, 9.17) is 0 Å².